The zero-order valence-electron chi connectivity index (χ0n) is 11.6. The number of hydrogen-bond acceptors (Lipinski definition) is 4. The smallest absolute Gasteiger partial charge is 0.0976 e. The van der Waals surface area contributed by atoms with E-state index in [-0.39, 0.29) is 6.04 Å². The van der Waals surface area contributed by atoms with Gasteiger partial charge in [-0.15, -0.1) is 0 Å². The predicted molar refractivity (Wildman–Crippen MR) is 75.6 cm³/mol. The van der Waals surface area contributed by atoms with Crippen molar-refractivity contribution in [2.75, 3.05) is 32.7 Å². The molecule has 1 aliphatic heterocycles. The number of rotatable bonds is 5. The van der Waals surface area contributed by atoms with Crippen LogP contribution in [-0.4, -0.2) is 53.5 Å². The highest BCUT2D eigenvalue weighted by Crippen LogP contribution is 2.09. The lowest BCUT2D eigenvalue weighted by molar-refractivity contribution is 0.113. The third-order valence-corrected chi connectivity index (χ3v) is 3.82. The fourth-order valence-electron chi connectivity index (χ4n) is 2.56. The molecule has 0 aromatic carbocycles. The molecule has 1 aromatic heterocycles. The molecular formula is C15H22N4. The molecule has 0 bridgehead atoms. The van der Waals surface area contributed by atoms with Crippen LogP contribution in [0.5, 0.6) is 0 Å². The monoisotopic (exact) mass is 258 g/mol. The molecule has 1 aromatic rings. The van der Waals surface area contributed by atoms with Crippen molar-refractivity contribution in [3.05, 3.63) is 30.1 Å². The van der Waals surface area contributed by atoms with E-state index in [0.29, 0.717) is 0 Å². The Morgan fingerprint density at radius 3 is 2.74 bits per heavy atom. The van der Waals surface area contributed by atoms with Crippen LogP contribution in [0.15, 0.2) is 24.5 Å². The summed E-state index contributed by atoms with van der Waals surface area (Å²) in [6, 6.07) is 6.61. The second kappa shape index (κ2) is 7.22. The van der Waals surface area contributed by atoms with E-state index in [2.05, 4.69) is 33.8 Å². The molecule has 2 heterocycles. The van der Waals surface area contributed by atoms with Gasteiger partial charge in [0, 0.05) is 45.1 Å². The number of hydrogen-bond donors (Lipinski definition) is 0. The number of piperazine rings is 1. The predicted octanol–water partition coefficient (Wildman–Crippen LogP) is 1.54. The molecule has 4 nitrogen and oxygen atoms in total. The zero-order chi connectivity index (χ0) is 13.5. The Kier molecular flexibility index (Phi) is 5.31. The van der Waals surface area contributed by atoms with Gasteiger partial charge in [-0.1, -0.05) is 13.0 Å². The minimum atomic E-state index is 0.0977. The van der Waals surface area contributed by atoms with Crippen molar-refractivity contribution in [1.82, 2.24) is 14.8 Å². The van der Waals surface area contributed by atoms with Gasteiger partial charge in [-0.05, 0) is 24.5 Å². The second-order valence-electron chi connectivity index (χ2n) is 5.04. The molecule has 0 radical (unpaired) electrons. The summed E-state index contributed by atoms with van der Waals surface area (Å²) >= 11 is 0. The van der Waals surface area contributed by atoms with Crippen molar-refractivity contribution < 1.29 is 0 Å². The standard InChI is InChI=1S/C15H22N4/c1-2-15(12-16)19-10-8-18(9-11-19)7-5-14-4-3-6-17-13-14/h3-4,6,13,15H,2,5,7-11H2,1H3. The summed E-state index contributed by atoms with van der Waals surface area (Å²) < 4.78 is 0. The molecular weight excluding hydrogens is 236 g/mol. The van der Waals surface area contributed by atoms with E-state index in [0.717, 1.165) is 45.6 Å². The Bertz CT molecular complexity index is 404. The molecule has 1 saturated heterocycles. The number of nitrogens with zero attached hydrogens (tertiary/aromatic N) is 4. The minimum Gasteiger partial charge on any atom is -0.300 e. The van der Waals surface area contributed by atoms with E-state index >= 15 is 0 Å². The molecule has 19 heavy (non-hydrogen) atoms. The van der Waals surface area contributed by atoms with Crippen LogP contribution in [0.3, 0.4) is 0 Å². The van der Waals surface area contributed by atoms with E-state index in [1.165, 1.54) is 5.56 Å². The average Bonchev–Trinajstić information content (AvgIpc) is 2.49. The summed E-state index contributed by atoms with van der Waals surface area (Å²) in [7, 11) is 0. The van der Waals surface area contributed by atoms with Crippen molar-refractivity contribution in [3.8, 4) is 6.07 Å². The minimum absolute atomic E-state index is 0.0977. The highest BCUT2D eigenvalue weighted by Gasteiger charge is 2.21. The lowest BCUT2D eigenvalue weighted by Crippen LogP contribution is -2.50. The first-order chi connectivity index (χ1) is 9.33. The first-order valence-electron chi connectivity index (χ1n) is 7.08. The normalized spacial score (nSPS) is 18.9. The maximum atomic E-state index is 9.08. The number of aromatic nitrogens is 1. The molecule has 1 aliphatic rings. The molecule has 1 unspecified atom stereocenters. The molecule has 2 rings (SSSR count). The summed E-state index contributed by atoms with van der Waals surface area (Å²) in [4.78, 5) is 8.93. The largest absolute Gasteiger partial charge is 0.300 e. The van der Waals surface area contributed by atoms with Gasteiger partial charge in [0.1, 0.15) is 0 Å². The summed E-state index contributed by atoms with van der Waals surface area (Å²) in [6.45, 7) is 7.33. The molecule has 0 saturated carbocycles. The van der Waals surface area contributed by atoms with Crippen molar-refractivity contribution >= 4 is 0 Å². The highest BCUT2D eigenvalue weighted by molar-refractivity contribution is 5.08. The van der Waals surface area contributed by atoms with Gasteiger partial charge in [-0.2, -0.15) is 5.26 Å². The van der Waals surface area contributed by atoms with Crippen molar-refractivity contribution in [1.29, 1.82) is 5.26 Å². The van der Waals surface area contributed by atoms with Gasteiger partial charge in [0.15, 0.2) is 0 Å². The van der Waals surface area contributed by atoms with Crippen LogP contribution in [0.1, 0.15) is 18.9 Å². The van der Waals surface area contributed by atoms with Crippen LogP contribution < -0.4 is 0 Å². The number of nitriles is 1. The Morgan fingerprint density at radius 1 is 1.37 bits per heavy atom. The Balaban J connectivity index is 1.73. The maximum absolute atomic E-state index is 9.08. The summed E-state index contributed by atoms with van der Waals surface area (Å²) in [5.74, 6) is 0. The fraction of sp³-hybridized carbons (Fsp3) is 0.600. The molecule has 0 amide bonds. The molecule has 0 spiro atoms. The topological polar surface area (TPSA) is 43.2 Å². The van der Waals surface area contributed by atoms with Gasteiger partial charge in [0.05, 0.1) is 12.1 Å². The van der Waals surface area contributed by atoms with Crippen LogP contribution in [0.4, 0.5) is 0 Å². The van der Waals surface area contributed by atoms with Gasteiger partial charge >= 0.3 is 0 Å². The van der Waals surface area contributed by atoms with Gasteiger partial charge < -0.3 is 4.90 Å². The summed E-state index contributed by atoms with van der Waals surface area (Å²) in [6.07, 6.45) is 5.74. The third kappa shape index (κ3) is 4.02. The van der Waals surface area contributed by atoms with Crippen LogP contribution in [0.2, 0.25) is 0 Å². The number of pyridine rings is 1. The van der Waals surface area contributed by atoms with Crippen molar-refractivity contribution in [2.45, 2.75) is 25.8 Å². The summed E-state index contributed by atoms with van der Waals surface area (Å²) in [5.41, 5.74) is 1.30. The Hall–Kier alpha value is -1.44. The van der Waals surface area contributed by atoms with Crippen molar-refractivity contribution in [3.63, 3.8) is 0 Å². The lowest BCUT2D eigenvalue weighted by atomic mass is 10.1. The average molecular weight is 258 g/mol. The first-order valence-corrected chi connectivity index (χ1v) is 7.08. The summed E-state index contributed by atoms with van der Waals surface area (Å²) in [5, 5.41) is 9.08. The van der Waals surface area contributed by atoms with Crippen LogP contribution in [-0.2, 0) is 6.42 Å². The van der Waals surface area contributed by atoms with Crippen LogP contribution in [0, 0.1) is 11.3 Å². The Morgan fingerprint density at radius 2 is 2.16 bits per heavy atom. The van der Waals surface area contributed by atoms with Gasteiger partial charge in [0.25, 0.3) is 0 Å². The molecule has 102 valence electrons. The molecule has 4 heteroatoms. The van der Waals surface area contributed by atoms with E-state index in [4.69, 9.17) is 5.26 Å². The Labute approximate surface area is 115 Å². The third-order valence-electron chi connectivity index (χ3n) is 3.82. The van der Waals surface area contributed by atoms with E-state index in [1.54, 1.807) is 0 Å². The van der Waals surface area contributed by atoms with E-state index in [9.17, 15) is 0 Å². The zero-order valence-corrected chi connectivity index (χ0v) is 11.6. The van der Waals surface area contributed by atoms with Crippen LogP contribution in [0.25, 0.3) is 0 Å². The first kappa shape index (κ1) is 14.0. The quantitative estimate of drug-likeness (QED) is 0.803. The van der Waals surface area contributed by atoms with Gasteiger partial charge in [-0.25, -0.2) is 0 Å². The van der Waals surface area contributed by atoms with Gasteiger partial charge in [0.2, 0.25) is 0 Å². The lowest BCUT2D eigenvalue weighted by Gasteiger charge is -2.36. The molecule has 0 aliphatic carbocycles. The fourth-order valence-corrected chi connectivity index (χ4v) is 2.56. The van der Waals surface area contributed by atoms with Gasteiger partial charge in [-0.3, -0.25) is 9.88 Å². The molecule has 1 atom stereocenters. The second-order valence-corrected chi connectivity index (χ2v) is 5.04. The van der Waals surface area contributed by atoms with E-state index < -0.39 is 0 Å². The van der Waals surface area contributed by atoms with Crippen LogP contribution >= 0.6 is 0 Å². The maximum Gasteiger partial charge on any atom is 0.0976 e. The van der Waals surface area contributed by atoms with Crippen molar-refractivity contribution in [2.24, 2.45) is 0 Å². The molecule has 1 fully saturated rings. The highest BCUT2D eigenvalue weighted by atomic mass is 15.3. The SMILES string of the molecule is CCC(C#N)N1CCN(CCc2cccnc2)CC1. The molecule has 0 N–H and O–H groups in total. The van der Waals surface area contributed by atoms with E-state index in [1.807, 2.05) is 18.5 Å².